The maximum Gasteiger partial charge on any atom is 0.133 e. The molecule has 0 amide bonds. The summed E-state index contributed by atoms with van der Waals surface area (Å²) < 4.78 is 11.3. The summed E-state index contributed by atoms with van der Waals surface area (Å²) in [6.45, 7) is 6.01. The van der Waals surface area contributed by atoms with Gasteiger partial charge in [0.2, 0.25) is 0 Å². The Morgan fingerprint density at radius 1 is 1.36 bits per heavy atom. The summed E-state index contributed by atoms with van der Waals surface area (Å²) in [5, 5.41) is 0. The van der Waals surface area contributed by atoms with E-state index in [1.165, 1.54) is 0 Å². The normalized spacial score (nSPS) is 20.3. The lowest BCUT2D eigenvalue weighted by atomic mass is 10.3. The van der Waals surface area contributed by atoms with Gasteiger partial charge >= 0.3 is 0 Å². The van der Waals surface area contributed by atoms with E-state index in [0.717, 1.165) is 32.8 Å². The molecule has 4 nitrogen and oxygen atoms in total. The Hall–Kier alpha value is -0.600. The molecule has 0 unspecified atom stereocenters. The zero-order valence-corrected chi connectivity index (χ0v) is 8.58. The lowest BCUT2D eigenvalue weighted by Crippen LogP contribution is -2.53. The van der Waals surface area contributed by atoms with E-state index in [1.54, 1.807) is 0 Å². The molecule has 0 saturated carbocycles. The van der Waals surface area contributed by atoms with Gasteiger partial charge in [0.05, 0.1) is 26.4 Å². The summed E-state index contributed by atoms with van der Waals surface area (Å²) in [7, 11) is 0. The molecule has 0 aliphatic carbocycles. The minimum Gasteiger partial charge on any atom is -0.374 e. The van der Waals surface area contributed by atoms with Crippen molar-refractivity contribution in [3.63, 3.8) is 0 Å². The van der Waals surface area contributed by atoms with Gasteiger partial charge in [0.15, 0.2) is 0 Å². The third-order valence-corrected chi connectivity index (χ3v) is 2.53. The Morgan fingerprint density at radius 3 is 2.64 bits per heavy atom. The summed E-state index contributed by atoms with van der Waals surface area (Å²) in [6, 6.07) is 2.84. The molecule has 0 atom stereocenters. The Balaban J connectivity index is 2.26. The molecule has 4 heteroatoms. The first-order valence-electron chi connectivity index (χ1n) is 5.02. The molecule has 0 aromatic rings. The molecule has 1 aliphatic rings. The number of morpholine rings is 1. The van der Waals surface area contributed by atoms with Crippen molar-refractivity contribution in [2.24, 2.45) is 5.73 Å². The average Bonchev–Trinajstić information content (AvgIpc) is 2.26. The molecule has 0 spiro atoms. The molecule has 80 valence electrons. The predicted octanol–water partition coefficient (Wildman–Crippen LogP) is -0.601. The SMILES string of the molecule is C#C[N+]1(CCOCCN)CCOCC1. The van der Waals surface area contributed by atoms with Gasteiger partial charge < -0.3 is 15.2 Å². The third kappa shape index (κ3) is 3.28. The maximum atomic E-state index is 5.54. The molecular weight excluding hydrogens is 180 g/mol. The molecule has 1 heterocycles. The number of hydrogen-bond donors (Lipinski definition) is 1. The van der Waals surface area contributed by atoms with Crippen LogP contribution >= 0.6 is 0 Å². The van der Waals surface area contributed by atoms with Crippen LogP contribution in [0.1, 0.15) is 0 Å². The van der Waals surface area contributed by atoms with Gasteiger partial charge in [0.25, 0.3) is 0 Å². The predicted molar refractivity (Wildman–Crippen MR) is 54.4 cm³/mol. The molecule has 1 fully saturated rings. The first-order valence-corrected chi connectivity index (χ1v) is 5.02. The highest BCUT2D eigenvalue weighted by Gasteiger charge is 2.28. The molecule has 0 bridgehead atoms. The number of nitrogens with zero attached hydrogens (tertiary/aromatic N) is 1. The van der Waals surface area contributed by atoms with Crippen LogP contribution in [0.2, 0.25) is 0 Å². The van der Waals surface area contributed by atoms with Crippen LogP contribution in [0.4, 0.5) is 0 Å². The van der Waals surface area contributed by atoms with E-state index in [-0.39, 0.29) is 0 Å². The second kappa shape index (κ2) is 5.99. The minimum atomic E-state index is 0.569. The fourth-order valence-electron chi connectivity index (χ4n) is 1.53. The Kier molecular flexibility index (Phi) is 4.91. The van der Waals surface area contributed by atoms with Gasteiger partial charge in [-0.2, -0.15) is 0 Å². The lowest BCUT2D eigenvalue weighted by molar-refractivity contribution is -0.872. The topological polar surface area (TPSA) is 44.5 Å². The van der Waals surface area contributed by atoms with E-state index in [2.05, 4.69) is 6.04 Å². The van der Waals surface area contributed by atoms with Crippen molar-refractivity contribution in [1.29, 1.82) is 0 Å². The highest BCUT2D eigenvalue weighted by atomic mass is 16.5. The Bertz CT molecular complexity index is 195. The van der Waals surface area contributed by atoms with Crippen LogP contribution in [-0.4, -0.2) is 57.1 Å². The van der Waals surface area contributed by atoms with Gasteiger partial charge in [-0.1, -0.05) is 6.42 Å². The van der Waals surface area contributed by atoms with E-state index in [1.807, 2.05) is 0 Å². The Labute approximate surface area is 85.6 Å². The van der Waals surface area contributed by atoms with Crippen LogP contribution < -0.4 is 5.73 Å². The van der Waals surface area contributed by atoms with E-state index in [4.69, 9.17) is 21.6 Å². The third-order valence-electron chi connectivity index (χ3n) is 2.53. The van der Waals surface area contributed by atoms with Gasteiger partial charge in [-0.05, 0) is 0 Å². The van der Waals surface area contributed by atoms with Crippen LogP contribution in [0.3, 0.4) is 0 Å². The first kappa shape index (κ1) is 11.5. The molecule has 0 aromatic carbocycles. The zero-order valence-electron chi connectivity index (χ0n) is 8.58. The van der Waals surface area contributed by atoms with Gasteiger partial charge in [0, 0.05) is 6.54 Å². The van der Waals surface area contributed by atoms with Gasteiger partial charge in [0.1, 0.15) is 25.7 Å². The fraction of sp³-hybridized carbons (Fsp3) is 0.800. The first-order chi connectivity index (χ1) is 6.83. The maximum absolute atomic E-state index is 5.54. The monoisotopic (exact) mass is 199 g/mol. The van der Waals surface area contributed by atoms with Crippen LogP contribution in [0, 0.1) is 12.5 Å². The molecule has 2 N–H and O–H groups in total. The quantitative estimate of drug-likeness (QED) is 0.365. The summed E-state index contributed by atoms with van der Waals surface area (Å²) in [5.41, 5.74) is 5.32. The van der Waals surface area contributed by atoms with E-state index in [0.29, 0.717) is 24.2 Å². The van der Waals surface area contributed by atoms with Gasteiger partial charge in [-0.3, -0.25) is 0 Å². The van der Waals surface area contributed by atoms with Crippen molar-refractivity contribution in [3.05, 3.63) is 0 Å². The second-order valence-corrected chi connectivity index (χ2v) is 3.46. The number of quaternary nitrogens is 1. The Morgan fingerprint density at radius 2 is 2.07 bits per heavy atom. The molecular formula is C10H19N2O2+. The zero-order chi connectivity index (χ0) is 10.3. The molecule has 0 aromatic heterocycles. The van der Waals surface area contributed by atoms with Crippen LogP contribution in [0.5, 0.6) is 0 Å². The van der Waals surface area contributed by atoms with Crippen LogP contribution in [0.25, 0.3) is 0 Å². The minimum absolute atomic E-state index is 0.569. The summed E-state index contributed by atoms with van der Waals surface area (Å²) >= 11 is 0. The number of terminal acetylenes is 1. The smallest absolute Gasteiger partial charge is 0.133 e. The van der Waals surface area contributed by atoms with Crippen molar-refractivity contribution in [1.82, 2.24) is 0 Å². The summed E-state index contributed by atoms with van der Waals surface area (Å²) in [5.74, 6) is 0. The lowest BCUT2D eigenvalue weighted by Gasteiger charge is -2.34. The van der Waals surface area contributed by atoms with Crippen molar-refractivity contribution in [3.8, 4) is 12.5 Å². The molecule has 1 aliphatic heterocycles. The highest BCUT2D eigenvalue weighted by Crippen LogP contribution is 2.08. The number of rotatable bonds is 5. The van der Waals surface area contributed by atoms with Crippen LogP contribution in [-0.2, 0) is 9.47 Å². The summed E-state index contributed by atoms with van der Waals surface area (Å²) in [6.07, 6.45) is 5.54. The highest BCUT2D eigenvalue weighted by molar-refractivity contribution is 4.74. The number of hydrogen-bond acceptors (Lipinski definition) is 3. The van der Waals surface area contributed by atoms with Crippen molar-refractivity contribution in [2.45, 2.75) is 0 Å². The molecule has 14 heavy (non-hydrogen) atoms. The number of nitrogens with two attached hydrogens (primary N) is 1. The van der Waals surface area contributed by atoms with Crippen molar-refractivity contribution in [2.75, 3.05) is 52.6 Å². The summed E-state index contributed by atoms with van der Waals surface area (Å²) in [4.78, 5) is 0. The fourth-order valence-corrected chi connectivity index (χ4v) is 1.53. The van der Waals surface area contributed by atoms with E-state index >= 15 is 0 Å². The standard InChI is InChI=1S/C10H19N2O2/c1-2-12(4-8-13-7-3-11)5-9-14-10-6-12/h1H,3-11H2/q+1. The van der Waals surface area contributed by atoms with Gasteiger partial charge in [-0.15, -0.1) is 0 Å². The molecule has 1 rings (SSSR count). The van der Waals surface area contributed by atoms with Crippen molar-refractivity contribution < 1.29 is 14.0 Å². The molecule has 0 radical (unpaired) electrons. The second-order valence-electron chi connectivity index (χ2n) is 3.46. The van der Waals surface area contributed by atoms with E-state index in [9.17, 15) is 0 Å². The van der Waals surface area contributed by atoms with Crippen LogP contribution in [0.15, 0.2) is 0 Å². The van der Waals surface area contributed by atoms with Crippen molar-refractivity contribution >= 4 is 0 Å². The number of ether oxygens (including phenoxy) is 2. The average molecular weight is 199 g/mol. The molecule has 1 saturated heterocycles. The van der Waals surface area contributed by atoms with E-state index < -0.39 is 0 Å². The largest absolute Gasteiger partial charge is 0.374 e. The van der Waals surface area contributed by atoms with Gasteiger partial charge in [-0.25, -0.2) is 4.48 Å².